The fraction of sp³-hybridized carbons (Fsp3) is 1.00. The minimum absolute atomic E-state index is 0.546. The molecule has 1 saturated carbocycles. The van der Waals surface area contributed by atoms with Gasteiger partial charge in [-0.1, -0.05) is 27.7 Å². The van der Waals surface area contributed by atoms with Gasteiger partial charge in [0.2, 0.25) is 0 Å². The zero-order chi connectivity index (χ0) is 15.5. The van der Waals surface area contributed by atoms with Gasteiger partial charge < -0.3 is 10.2 Å². The Morgan fingerprint density at radius 2 is 1.90 bits per heavy atom. The lowest BCUT2D eigenvalue weighted by Crippen LogP contribution is -2.46. The van der Waals surface area contributed by atoms with Gasteiger partial charge in [-0.05, 0) is 81.8 Å². The molecule has 0 aromatic heterocycles. The summed E-state index contributed by atoms with van der Waals surface area (Å²) in [5.41, 5.74) is 0.546. The number of likely N-dealkylation sites (tertiary alicyclic amines) is 1. The highest BCUT2D eigenvalue weighted by Crippen LogP contribution is 2.39. The maximum absolute atomic E-state index is 3.60. The zero-order valence-electron chi connectivity index (χ0n) is 15.1. The quantitative estimate of drug-likeness (QED) is 0.837. The van der Waals surface area contributed by atoms with Crippen LogP contribution in [0.3, 0.4) is 0 Å². The predicted octanol–water partition coefficient (Wildman–Crippen LogP) is 4.16. The molecule has 3 unspecified atom stereocenters. The maximum atomic E-state index is 3.60. The molecule has 2 heteroatoms. The average Bonchev–Trinajstić information content (AvgIpc) is 2.64. The highest BCUT2D eigenvalue weighted by Gasteiger charge is 2.35. The van der Waals surface area contributed by atoms with Gasteiger partial charge in [0.15, 0.2) is 0 Å². The number of nitrogens with one attached hydrogen (secondary N) is 1. The van der Waals surface area contributed by atoms with Gasteiger partial charge >= 0.3 is 0 Å². The van der Waals surface area contributed by atoms with E-state index in [4.69, 9.17) is 0 Å². The Hall–Kier alpha value is -0.0800. The van der Waals surface area contributed by atoms with Gasteiger partial charge in [0.1, 0.15) is 0 Å². The van der Waals surface area contributed by atoms with Crippen LogP contribution in [0.1, 0.15) is 66.2 Å². The number of rotatable bonds is 4. The third-order valence-corrected chi connectivity index (χ3v) is 6.19. The molecule has 0 aromatic carbocycles. The second kappa shape index (κ2) is 7.46. The second-order valence-corrected chi connectivity index (χ2v) is 8.80. The fourth-order valence-corrected chi connectivity index (χ4v) is 4.67. The molecule has 1 aliphatic heterocycles. The van der Waals surface area contributed by atoms with Crippen LogP contribution in [-0.2, 0) is 0 Å². The second-order valence-electron chi connectivity index (χ2n) is 8.80. The molecular formula is C19H38N2. The van der Waals surface area contributed by atoms with Crippen LogP contribution in [0.4, 0.5) is 0 Å². The summed E-state index contributed by atoms with van der Waals surface area (Å²) in [6.45, 7) is 13.7. The molecule has 0 radical (unpaired) electrons. The molecule has 21 heavy (non-hydrogen) atoms. The van der Waals surface area contributed by atoms with Crippen molar-refractivity contribution in [1.29, 1.82) is 0 Å². The standard InChI is InChI=1S/C19H38N2/c1-15(2)16-7-6-11-21(12-9-16)14-17-13-19(3,4)10-8-18(17)20-5/h15-18,20H,6-14H2,1-5H3. The van der Waals surface area contributed by atoms with E-state index >= 15 is 0 Å². The van der Waals surface area contributed by atoms with Crippen LogP contribution in [0.15, 0.2) is 0 Å². The SMILES string of the molecule is CNC1CCC(C)(C)CC1CN1CCCC(C(C)C)CC1. The first-order valence-electron chi connectivity index (χ1n) is 9.31. The van der Waals surface area contributed by atoms with Gasteiger partial charge in [0, 0.05) is 12.6 Å². The van der Waals surface area contributed by atoms with Gasteiger partial charge in [-0.15, -0.1) is 0 Å². The third-order valence-electron chi connectivity index (χ3n) is 6.19. The smallest absolute Gasteiger partial charge is 0.0105 e. The molecule has 1 saturated heterocycles. The molecule has 2 nitrogen and oxygen atoms in total. The first kappa shape index (κ1) is 17.3. The Kier molecular flexibility index (Phi) is 6.14. The Balaban J connectivity index is 1.89. The van der Waals surface area contributed by atoms with Gasteiger partial charge in [0.25, 0.3) is 0 Å². The molecule has 2 fully saturated rings. The first-order chi connectivity index (χ1) is 9.91. The summed E-state index contributed by atoms with van der Waals surface area (Å²) in [6.07, 6.45) is 8.39. The van der Waals surface area contributed by atoms with Crippen LogP contribution >= 0.6 is 0 Å². The molecule has 0 aromatic rings. The largest absolute Gasteiger partial charge is 0.317 e. The average molecular weight is 295 g/mol. The number of nitrogens with zero attached hydrogens (tertiary/aromatic N) is 1. The first-order valence-corrected chi connectivity index (χ1v) is 9.31. The van der Waals surface area contributed by atoms with Crippen molar-refractivity contribution in [1.82, 2.24) is 10.2 Å². The fourth-order valence-electron chi connectivity index (χ4n) is 4.67. The molecule has 0 spiro atoms. The molecule has 124 valence electrons. The lowest BCUT2D eigenvalue weighted by Gasteiger charge is -2.42. The van der Waals surface area contributed by atoms with Crippen molar-refractivity contribution >= 4 is 0 Å². The Morgan fingerprint density at radius 1 is 1.14 bits per heavy atom. The Labute approximate surface area is 133 Å². The van der Waals surface area contributed by atoms with E-state index in [1.54, 1.807) is 0 Å². The van der Waals surface area contributed by atoms with E-state index in [1.165, 1.54) is 58.2 Å². The van der Waals surface area contributed by atoms with E-state index in [9.17, 15) is 0 Å². The summed E-state index contributed by atoms with van der Waals surface area (Å²) < 4.78 is 0. The van der Waals surface area contributed by atoms with Crippen molar-refractivity contribution in [3.05, 3.63) is 0 Å². The maximum Gasteiger partial charge on any atom is 0.0105 e. The molecule has 1 N–H and O–H groups in total. The summed E-state index contributed by atoms with van der Waals surface area (Å²) in [4.78, 5) is 2.78. The topological polar surface area (TPSA) is 15.3 Å². The number of hydrogen-bond donors (Lipinski definition) is 1. The van der Waals surface area contributed by atoms with E-state index in [-0.39, 0.29) is 0 Å². The van der Waals surface area contributed by atoms with Crippen LogP contribution in [0.2, 0.25) is 0 Å². The van der Waals surface area contributed by atoms with E-state index in [0.717, 1.165) is 23.8 Å². The minimum atomic E-state index is 0.546. The van der Waals surface area contributed by atoms with E-state index in [1.807, 2.05) is 0 Å². The van der Waals surface area contributed by atoms with Crippen molar-refractivity contribution in [2.75, 3.05) is 26.7 Å². The summed E-state index contributed by atoms with van der Waals surface area (Å²) >= 11 is 0. The highest BCUT2D eigenvalue weighted by molar-refractivity contribution is 4.90. The lowest BCUT2D eigenvalue weighted by molar-refractivity contribution is 0.103. The molecule has 3 atom stereocenters. The minimum Gasteiger partial charge on any atom is -0.317 e. The summed E-state index contributed by atoms with van der Waals surface area (Å²) in [5.74, 6) is 2.66. The van der Waals surface area contributed by atoms with Gasteiger partial charge in [-0.25, -0.2) is 0 Å². The molecular weight excluding hydrogens is 256 g/mol. The molecule has 2 rings (SSSR count). The third kappa shape index (κ3) is 4.96. The van der Waals surface area contributed by atoms with Crippen LogP contribution in [0.5, 0.6) is 0 Å². The van der Waals surface area contributed by atoms with Gasteiger partial charge in [-0.3, -0.25) is 0 Å². The van der Waals surface area contributed by atoms with Crippen LogP contribution in [0, 0.1) is 23.2 Å². The van der Waals surface area contributed by atoms with Crippen LogP contribution in [0.25, 0.3) is 0 Å². The predicted molar refractivity (Wildman–Crippen MR) is 92.6 cm³/mol. The molecule has 2 aliphatic rings. The molecule has 0 bridgehead atoms. The Bertz CT molecular complexity index is 311. The monoisotopic (exact) mass is 294 g/mol. The molecule has 0 amide bonds. The van der Waals surface area contributed by atoms with Gasteiger partial charge in [-0.2, -0.15) is 0 Å². The van der Waals surface area contributed by atoms with Gasteiger partial charge in [0.05, 0.1) is 0 Å². The van der Waals surface area contributed by atoms with Crippen molar-refractivity contribution in [3.63, 3.8) is 0 Å². The number of hydrogen-bond acceptors (Lipinski definition) is 2. The van der Waals surface area contributed by atoms with E-state index < -0.39 is 0 Å². The van der Waals surface area contributed by atoms with Crippen molar-refractivity contribution in [2.45, 2.75) is 72.3 Å². The summed E-state index contributed by atoms with van der Waals surface area (Å²) in [6, 6.07) is 0.738. The summed E-state index contributed by atoms with van der Waals surface area (Å²) in [5, 5.41) is 3.60. The van der Waals surface area contributed by atoms with Crippen LogP contribution < -0.4 is 5.32 Å². The lowest BCUT2D eigenvalue weighted by atomic mass is 9.69. The van der Waals surface area contributed by atoms with Crippen molar-refractivity contribution < 1.29 is 0 Å². The summed E-state index contributed by atoms with van der Waals surface area (Å²) in [7, 11) is 2.16. The molecule has 1 aliphatic carbocycles. The Morgan fingerprint density at radius 3 is 2.57 bits per heavy atom. The van der Waals surface area contributed by atoms with Crippen LogP contribution in [-0.4, -0.2) is 37.6 Å². The van der Waals surface area contributed by atoms with E-state index in [2.05, 4.69) is 45.0 Å². The highest BCUT2D eigenvalue weighted by atomic mass is 15.1. The van der Waals surface area contributed by atoms with Crippen molar-refractivity contribution in [3.8, 4) is 0 Å². The van der Waals surface area contributed by atoms with Crippen molar-refractivity contribution in [2.24, 2.45) is 23.2 Å². The zero-order valence-corrected chi connectivity index (χ0v) is 15.1. The molecule has 1 heterocycles. The van der Waals surface area contributed by atoms with E-state index in [0.29, 0.717) is 5.41 Å². The normalized spacial score (nSPS) is 34.9.